The third-order valence-corrected chi connectivity index (χ3v) is 6.51. The smallest absolute Gasteiger partial charge is 0.259 e. The van der Waals surface area contributed by atoms with E-state index in [9.17, 15) is 9.59 Å². The van der Waals surface area contributed by atoms with Gasteiger partial charge in [-0.3, -0.25) is 9.59 Å². The Bertz CT molecular complexity index is 1710. The van der Waals surface area contributed by atoms with Gasteiger partial charge in [-0.25, -0.2) is 9.50 Å². The number of nitrogens with one attached hydrogen (secondary N) is 1. The number of anilines is 1. The Morgan fingerprint density at radius 1 is 1.19 bits per heavy atom. The van der Waals surface area contributed by atoms with Crippen molar-refractivity contribution in [3.8, 4) is 16.9 Å². The second-order valence-electron chi connectivity index (χ2n) is 8.36. The number of methoxy groups -OCH3 is 1. The number of nitrogens with two attached hydrogens (primary N) is 1. The van der Waals surface area contributed by atoms with Crippen LogP contribution in [-0.4, -0.2) is 32.2 Å². The lowest BCUT2D eigenvalue weighted by atomic mass is 9.96. The predicted molar refractivity (Wildman–Crippen MR) is 139 cm³/mol. The van der Waals surface area contributed by atoms with Crippen molar-refractivity contribution >= 4 is 39.9 Å². The lowest BCUT2D eigenvalue weighted by molar-refractivity contribution is 0.0941. The number of nitrogen functional groups attached to an aromatic ring is 1. The van der Waals surface area contributed by atoms with Gasteiger partial charge in [0.2, 0.25) is 0 Å². The topological polar surface area (TPSA) is 117 Å². The minimum Gasteiger partial charge on any atom is -0.497 e. The molecular weight excluding hydrogens is 480 g/mol. The van der Waals surface area contributed by atoms with Gasteiger partial charge in [-0.15, -0.1) is 5.10 Å². The molecule has 1 amide bonds. The van der Waals surface area contributed by atoms with Crippen molar-refractivity contribution in [2.24, 2.45) is 7.05 Å². The molecule has 3 aromatic heterocycles. The maximum Gasteiger partial charge on any atom is 0.259 e. The molecule has 182 valence electrons. The molecule has 0 fully saturated rings. The number of aromatic nitrogens is 4. The first-order chi connectivity index (χ1) is 17.3. The normalized spacial score (nSPS) is 12.1. The molecule has 3 heterocycles. The SMILES string of the molecule is COc1cccc(-c2c([C@H](C)NC(=O)c3c(N)nn4cccnc34)n(C)c3cccc(Cl)c3c2=O)c1. The van der Waals surface area contributed by atoms with Gasteiger partial charge in [0.15, 0.2) is 16.9 Å². The van der Waals surface area contributed by atoms with Gasteiger partial charge in [0.05, 0.1) is 40.3 Å². The first-order valence-corrected chi connectivity index (χ1v) is 11.5. The predicted octanol–water partition coefficient (Wildman–Crippen LogP) is 3.98. The monoisotopic (exact) mass is 502 g/mol. The van der Waals surface area contributed by atoms with Crippen LogP contribution in [0.15, 0.2) is 65.7 Å². The van der Waals surface area contributed by atoms with Gasteiger partial charge in [0.1, 0.15) is 11.3 Å². The van der Waals surface area contributed by atoms with E-state index in [4.69, 9.17) is 22.1 Å². The van der Waals surface area contributed by atoms with Crippen LogP contribution in [0.1, 0.15) is 29.0 Å². The Balaban J connectivity index is 1.70. The van der Waals surface area contributed by atoms with Gasteiger partial charge in [-0.2, -0.15) is 0 Å². The minimum atomic E-state index is -0.599. The number of nitrogens with zero attached hydrogens (tertiary/aromatic N) is 4. The summed E-state index contributed by atoms with van der Waals surface area (Å²) in [6.45, 7) is 1.81. The lowest BCUT2D eigenvalue weighted by Crippen LogP contribution is -2.31. The highest BCUT2D eigenvalue weighted by Gasteiger charge is 2.26. The maximum atomic E-state index is 13.9. The van der Waals surface area contributed by atoms with Crippen molar-refractivity contribution in [2.45, 2.75) is 13.0 Å². The molecule has 36 heavy (non-hydrogen) atoms. The average molecular weight is 503 g/mol. The van der Waals surface area contributed by atoms with Crippen LogP contribution in [0.3, 0.4) is 0 Å². The number of rotatable bonds is 5. The van der Waals surface area contributed by atoms with E-state index in [0.717, 1.165) is 0 Å². The van der Waals surface area contributed by atoms with Crippen LogP contribution < -0.4 is 21.2 Å². The summed E-state index contributed by atoms with van der Waals surface area (Å²) >= 11 is 6.47. The summed E-state index contributed by atoms with van der Waals surface area (Å²) in [4.78, 5) is 31.5. The van der Waals surface area contributed by atoms with Crippen molar-refractivity contribution in [1.82, 2.24) is 24.5 Å². The summed E-state index contributed by atoms with van der Waals surface area (Å²) in [6, 6.07) is 13.6. The molecule has 0 radical (unpaired) electrons. The molecule has 9 nitrogen and oxygen atoms in total. The zero-order chi connectivity index (χ0) is 25.6. The van der Waals surface area contributed by atoms with Crippen molar-refractivity contribution < 1.29 is 9.53 Å². The Labute approximate surface area is 211 Å². The van der Waals surface area contributed by atoms with Gasteiger partial charge in [0, 0.05) is 19.4 Å². The highest BCUT2D eigenvalue weighted by atomic mass is 35.5. The van der Waals surface area contributed by atoms with Gasteiger partial charge >= 0.3 is 0 Å². The fourth-order valence-corrected chi connectivity index (χ4v) is 4.83. The number of ether oxygens (including phenoxy) is 1. The summed E-state index contributed by atoms with van der Waals surface area (Å²) < 4.78 is 8.71. The fraction of sp³-hybridized carbons (Fsp3) is 0.154. The molecule has 0 spiro atoms. The number of benzene rings is 2. The first-order valence-electron chi connectivity index (χ1n) is 11.2. The average Bonchev–Trinajstić information content (AvgIpc) is 3.21. The summed E-state index contributed by atoms with van der Waals surface area (Å²) in [5, 5.41) is 7.90. The highest BCUT2D eigenvalue weighted by Crippen LogP contribution is 2.32. The third-order valence-electron chi connectivity index (χ3n) is 6.19. The van der Waals surface area contributed by atoms with Crippen molar-refractivity contribution in [3.63, 3.8) is 0 Å². The molecule has 2 aromatic carbocycles. The van der Waals surface area contributed by atoms with Crippen LogP contribution in [0.4, 0.5) is 5.82 Å². The molecular formula is C26H23ClN6O3. The molecule has 1 atom stereocenters. The second kappa shape index (κ2) is 9.01. The molecule has 5 aromatic rings. The zero-order valence-corrected chi connectivity index (χ0v) is 20.6. The number of aryl methyl sites for hydroxylation is 1. The van der Waals surface area contributed by atoms with Crippen molar-refractivity contribution in [2.75, 3.05) is 12.8 Å². The van der Waals surface area contributed by atoms with Gasteiger partial charge in [-0.05, 0) is 42.8 Å². The molecule has 0 bridgehead atoms. The summed E-state index contributed by atoms with van der Waals surface area (Å²) in [7, 11) is 3.40. The third kappa shape index (κ3) is 3.74. The van der Waals surface area contributed by atoms with Crippen molar-refractivity contribution in [3.05, 3.63) is 87.4 Å². The Kier molecular flexibility index (Phi) is 5.85. The number of pyridine rings is 1. The second-order valence-corrected chi connectivity index (χ2v) is 8.76. The van der Waals surface area contributed by atoms with E-state index < -0.39 is 11.9 Å². The fourth-order valence-electron chi connectivity index (χ4n) is 4.58. The molecule has 0 saturated heterocycles. The van der Waals surface area contributed by atoms with E-state index in [1.807, 2.05) is 36.7 Å². The number of carbonyl (C=O) groups excluding carboxylic acids is 1. The van der Waals surface area contributed by atoms with Gasteiger partial charge < -0.3 is 20.4 Å². The minimum absolute atomic E-state index is 0.0607. The maximum absolute atomic E-state index is 13.9. The molecule has 0 aliphatic carbocycles. The number of carbonyl (C=O) groups is 1. The number of hydrogen-bond acceptors (Lipinski definition) is 6. The van der Waals surface area contributed by atoms with E-state index in [1.165, 1.54) is 4.52 Å². The first kappa shape index (κ1) is 23.4. The number of hydrogen-bond donors (Lipinski definition) is 2. The van der Waals surface area contributed by atoms with Crippen LogP contribution >= 0.6 is 11.6 Å². The molecule has 0 aliphatic heterocycles. The van der Waals surface area contributed by atoms with Crippen LogP contribution in [0.25, 0.3) is 27.7 Å². The zero-order valence-electron chi connectivity index (χ0n) is 19.8. The molecule has 10 heteroatoms. The molecule has 3 N–H and O–H groups in total. The Morgan fingerprint density at radius 2 is 1.97 bits per heavy atom. The molecule has 0 saturated carbocycles. The number of amides is 1. The van der Waals surface area contributed by atoms with Crippen LogP contribution in [0.2, 0.25) is 5.02 Å². The van der Waals surface area contributed by atoms with Gasteiger partial charge in [-0.1, -0.05) is 29.8 Å². The number of halogens is 1. The van der Waals surface area contributed by atoms with E-state index in [2.05, 4.69) is 15.4 Å². The van der Waals surface area contributed by atoms with Crippen LogP contribution in [-0.2, 0) is 7.05 Å². The molecule has 0 unspecified atom stereocenters. The number of fused-ring (bicyclic) bond motifs is 2. The Morgan fingerprint density at radius 3 is 2.75 bits per heavy atom. The quantitative estimate of drug-likeness (QED) is 0.375. The lowest BCUT2D eigenvalue weighted by Gasteiger charge is -2.24. The molecule has 5 rings (SSSR count). The van der Waals surface area contributed by atoms with Gasteiger partial charge in [0.25, 0.3) is 5.91 Å². The summed E-state index contributed by atoms with van der Waals surface area (Å²) in [6.07, 6.45) is 3.23. The van der Waals surface area contributed by atoms with Crippen LogP contribution in [0, 0.1) is 0 Å². The van der Waals surface area contributed by atoms with E-state index in [0.29, 0.717) is 44.1 Å². The highest BCUT2D eigenvalue weighted by molar-refractivity contribution is 6.35. The van der Waals surface area contributed by atoms with Crippen molar-refractivity contribution in [1.29, 1.82) is 0 Å². The van der Waals surface area contributed by atoms with E-state index >= 15 is 0 Å². The van der Waals surface area contributed by atoms with Crippen LogP contribution in [0.5, 0.6) is 5.75 Å². The Hall–Kier alpha value is -4.37. The standard InChI is InChI=1S/C26H23ClN6O3/c1-14(30-26(35)21-24(28)31-33-12-6-11-29-25(21)33)22-19(15-7-4-8-16(13-15)36-3)23(34)20-17(27)9-5-10-18(20)32(22)2/h4-14H,1-3H3,(H2,28,31)(H,30,35)/t14-/m0/s1. The van der Waals surface area contributed by atoms with E-state index in [-0.39, 0.29) is 16.8 Å². The summed E-state index contributed by atoms with van der Waals surface area (Å²) in [5.74, 6) is 0.205. The largest absolute Gasteiger partial charge is 0.497 e. The molecule has 0 aliphatic rings. The van der Waals surface area contributed by atoms with E-state index in [1.54, 1.807) is 49.8 Å². The summed E-state index contributed by atoms with van der Waals surface area (Å²) in [5.41, 5.74) is 8.61.